The van der Waals surface area contributed by atoms with E-state index in [0.717, 1.165) is 32.6 Å². The van der Waals surface area contributed by atoms with E-state index in [1.54, 1.807) is 0 Å². The van der Waals surface area contributed by atoms with Crippen molar-refractivity contribution in [2.45, 2.75) is 38.3 Å². The molecule has 1 N–H and O–H groups in total. The van der Waals surface area contributed by atoms with Crippen LogP contribution in [-0.4, -0.2) is 50.3 Å². The molecular formula is C11H24N2O. The molecule has 1 heterocycles. The molecule has 0 saturated carbocycles. The summed E-state index contributed by atoms with van der Waals surface area (Å²) in [5.74, 6) is 0. The van der Waals surface area contributed by atoms with Crippen LogP contribution in [-0.2, 0) is 4.74 Å². The van der Waals surface area contributed by atoms with Crippen LogP contribution in [0.15, 0.2) is 0 Å². The first kappa shape index (κ1) is 12.0. The topological polar surface area (TPSA) is 24.5 Å². The zero-order valence-electron chi connectivity index (χ0n) is 9.97. The minimum absolute atomic E-state index is 0.308. The van der Waals surface area contributed by atoms with Gasteiger partial charge < -0.3 is 15.0 Å². The molecule has 0 spiro atoms. The van der Waals surface area contributed by atoms with Gasteiger partial charge in [0.1, 0.15) is 0 Å². The molecule has 84 valence electrons. The van der Waals surface area contributed by atoms with Crippen LogP contribution in [0, 0.1) is 0 Å². The van der Waals surface area contributed by atoms with E-state index >= 15 is 0 Å². The van der Waals surface area contributed by atoms with Gasteiger partial charge in [-0.1, -0.05) is 13.8 Å². The Balaban J connectivity index is 2.52. The summed E-state index contributed by atoms with van der Waals surface area (Å²) in [6.07, 6.45) is 2.28. The summed E-state index contributed by atoms with van der Waals surface area (Å²) in [5, 5.41) is 3.54. The lowest BCUT2D eigenvalue weighted by Gasteiger charge is -2.43. The van der Waals surface area contributed by atoms with E-state index in [1.807, 2.05) is 0 Å². The average Bonchev–Trinajstić information content (AvgIpc) is 2.16. The summed E-state index contributed by atoms with van der Waals surface area (Å²) < 4.78 is 5.43. The van der Waals surface area contributed by atoms with Crippen molar-refractivity contribution in [1.82, 2.24) is 10.2 Å². The average molecular weight is 200 g/mol. The summed E-state index contributed by atoms with van der Waals surface area (Å²) in [4.78, 5) is 2.35. The Bertz CT molecular complexity index is 163. The number of ether oxygens (including phenoxy) is 1. The second-order valence-corrected chi connectivity index (χ2v) is 4.77. The maximum Gasteiger partial charge on any atom is 0.0484 e. The summed E-state index contributed by atoms with van der Waals surface area (Å²) in [6.45, 7) is 7.27. The maximum absolute atomic E-state index is 5.43. The highest BCUT2D eigenvalue weighted by Gasteiger charge is 2.34. The molecule has 3 nitrogen and oxygen atoms in total. The Kier molecular flexibility index (Phi) is 4.35. The lowest BCUT2D eigenvalue weighted by Crippen LogP contribution is -2.55. The molecule has 0 aliphatic carbocycles. The van der Waals surface area contributed by atoms with Crippen LogP contribution >= 0.6 is 0 Å². The van der Waals surface area contributed by atoms with E-state index in [9.17, 15) is 0 Å². The van der Waals surface area contributed by atoms with E-state index in [-0.39, 0.29) is 0 Å². The second kappa shape index (κ2) is 5.10. The largest absolute Gasteiger partial charge is 0.381 e. The molecule has 0 atom stereocenters. The molecular weight excluding hydrogens is 176 g/mol. The van der Waals surface area contributed by atoms with Crippen LogP contribution in [0.4, 0.5) is 0 Å². The van der Waals surface area contributed by atoms with Gasteiger partial charge in [-0.2, -0.15) is 0 Å². The van der Waals surface area contributed by atoms with Gasteiger partial charge in [-0.05, 0) is 26.9 Å². The summed E-state index contributed by atoms with van der Waals surface area (Å²) in [6, 6.07) is 0.565. The Morgan fingerprint density at radius 3 is 2.29 bits per heavy atom. The predicted octanol–water partition coefficient (Wildman–Crippen LogP) is 1.10. The van der Waals surface area contributed by atoms with Gasteiger partial charge in [0.05, 0.1) is 0 Å². The van der Waals surface area contributed by atoms with Gasteiger partial charge in [-0.3, -0.25) is 0 Å². The molecule has 0 aromatic heterocycles. The zero-order chi connectivity index (χ0) is 10.6. The predicted molar refractivity (Wildman–Crippen MR) is 59.6 cm³/mol. The molecule has 0 aromatic carbocycles. The first-order valence-electron chi connectivity index (χ1n) is 5.55. The molecule has 0 bridgehead atoms. The standard InChI is InChI=1S/C11H24N2O/c1-10(2)12-9-11(13(3)4)5-7-14-8-6-11/h10,12H,5-9H2,1-4H3. The van der Waals surface area contributed by atoms with Crippen molar-refractivity contribution in [3.63, 3.8) is 0 Å². The maximum atomic E-state index is 5.43. The van der Waals surface area contributed by atoms with Crippen molar-refractivity contribution in [2.75, 3.05) is 33.9 Å². The van der Waals surface area contributed by atoms with Crippen molar-refractivity contribution in [1.29, 1.82) is 0 Å². The Labute approximate surface area is 87.8 Å². The number of nitrogens with zero attached hydrogens (tertiary/aromatic N) is 1. The first-order valence-corrected chi connectivity index (χ1v) is 5.55. The lowest BCUT2D eigenvalue weighted by atomic mass is 9.88. The van der Waals surface area contributed by atoms with Crippen molar-refractivity contribution >= 4 is 0 Å². The SMILES string of the molecule is CC(C)NCC1(N(C)C)CCOCC1. The highest BCUT2D eigenvalue weighted by Crippen LogP contribution is 2.25. The quantitative estimate of drug-likeness (QED) is 0.735. The fourth-order valence-corrected chi connectivity index (χ4v) is 1.93. The third-order valence-electron chi connectivity index (χ3n) is 3.21. The fraction of sp³-hybridized carbons (Fsp3) is 1.00. The van der Waals surface area contributed by atoms with Gasteiger partial charge >= 0.3 is 0 Å². The van der Waals surface area contributed by atoms with Gasteiger partial charge in [0.15, 0.2) is 0 Å². The molecule has 14 heavy (non-hydrogen) atoms. The number of nitrogens with one attached hydrogen (secondary N) is 1. The normalized spacial score (nSPS) is 21.9. The van der Waals surface area contributed by atoms with Gasteiger partial charge in [-0.25, -0.2) is 0 Å². The van der Waals surface area contributed by atoms with Crippen molar-refractivity contribution in [3.05, 3.63) is 0 Å². The van der Waals surface area contributed by atoms with Crippen LogP contribution in [0.25, 0.3) is 0 Å². The molecule has 0 amide bonds. The minimum Gasteiger partial charge on any atom is -0.381 e. The highest BCUT2D eigenvalue weighted by atomic mass is 16.5. The fourth-order valence-electron chi connectivity index (χ4n) is 1.93. The first-order chi connectivity index (χ1) is 6.57. The number of hydrogen-bond donors (Lipinski definition) is 1. The molecule has 1 aliphatic heterocycles. The van der Waals surface area contributed by atoms with E-state index in [1.165, 1.54) is 0 Å². The number of hydrogen-bond acceptors (Lipinski definition) is 3. The van der Waals surface area contributed by atoms with Gasteiger partial charge in [0.25, 0.3) is 0 Å². The van der Waals surface area contributed by atoms with Crippen molar-refractivity contribution < 1.29 is 4.74 Å². The van der Waals surface area contributed by atoms with Crippen LogP contribution in [0.5, 0.6) is 0 Å². The molecule has 1 saturated heterocycles. The highest BCUT2D eigenvalue weighted by molar-refractivity contribution is 4.92. The monoisotopic (exact) mass is 200 g/mol. The molecule has 1 aliphatic rings. The smallest absolute Gasteiger partial charge is 0.0484 e. The summed E-state index contributed by atoms with van der Waals surface area (Å²) >= 11 is 0. The third kappa shape index (κ3) is 2.94. The van der Waals surface area contributed by atoms with Crippen LogP contribution in [0.2, 0.25) is 0 Å². The molecule has 0 aromatic rings. The molecule has 1 fully saturated rings. The zero-order valence-corrected chi connectivity index (χ0v) is 9.97. The van der Waals surface area contributed by atoms with Gasteiger partial charge in [-0.15, -0.1) is 0 Å². The van der Waals surface area contributed by atoms with Crippen LogP contribution in [0.1, 0.15) is 26.7 Å². The third-order valence-corrected chi connectivity index (χ3v) is 3.21. The number of likely N-dealkylation sites (N-methyl/N-ethyl adjacent to an activating group) is 1. The van der Waals surface area contributed by atoms with Gasteiger partial charge in [0.2, 0.25) is 0 Å². The lowest BCUT2D eigenvalue weighted by molar-refractivity contribution is -0.00782. The van der Waals surface area contributed by atoms with Crippen LogP contribution in [0.3, 0.4) is 0 Å². The van der Waals surface area contributed by atoms with Gasteiger partial charge in [0, 0.05) is 31.3 Å². The van der Waals surface area contributed by atoms with E-state index in [0.29, 0.717) is 11.6 Å². The minimum atomic E-state index is 0.308. The van der Waals surface area contributed by atoms with E-state index in [4.69, 9.17) is 4.74 Å². The second-order valence-electron chi connectivity index (χ2n) is 4.77. The Morgan fingerprint density at radius 1 is 1.29 bits per heavy atom. The molecule has 0 radical (unpaired) electrons. The summed E-state index contributed by atoms with van der Waals surface area (Å²) in [7, 11) is 4.35. The summed E-state index contributed by atoms with van der Waals surface area (Å²) in [5.41, 5.74) is 0.308. The van der Waals surface area contributed by atoms with E-state index < -0.39 is 0 Å². The van der Waals surface area contributed by atoms with Crippen LogP contribution < -0.4 is 5.32 Å². The van der Waals surface area contributed by atoms with Crippen molar-refractivity contribution in [2.24, 2.45) is 0 Å². The number of rotatable bonds is 4. The molecule has 3 heteroatoms. The van der Waals surface area contributed by atoms with E-state index in [2.05, 4.69) is 38.2 Å². The molecule has 0 unspecified atom stereocenters. The molecule has 1 rings (SSSR count). The van der Waals surface area contributed by atoms with Crippen molar-refractivity contribution in [3.8, 4) is 0 Å². The Morgan fingerprint density at radius 2 is 1.86 bits per heavy atom. The Hall–Kier alpha value is -0.120.